The highest BCUT2D eigenvalue weighted by Gasteiger charge is 2.24. The number of amides is 1. The maximum atomic E-state index is 13.2. The fourth-order valence-corrected chi connectivity index (χ4v) is 5.35. The van der Waals surface area contributed by atoms with Crippen LogP contribution < -0.4 is 5.56 Å². The summed E-state index contributed by atoms with van der Waals surface area (Å²) in [4.78, 5) is 33.2. The molecule has 7 heteroatoms. The van der Waals surface area contributed by atoms with Crippen LogP contribution in [0.2, 0.25) is 0 Å². The maximum Gasteiger partial charge on any atom is 0.263 e. The first kappa shape index (κ1) is 22.0. The lowest BCUT2D eigenvalue weighted by molar-refractivity contribution is -0.128. The van der Waals surface area contributed by atoms with E-state index in [0.717, 1.165) is 11.1 Å². The van der Waals surface area contributed by atoms with Crippen LogP contribution in [0.5, 0.6) is 0 Å². The number of hydrogen-bond acceptors (Lipinski definition) is 5. The summed E-state index contributed by atoms with van der Waals surface area (Å²) in [5.41, 5.74) is 1.98. The van der Waals surface area contributed by atoms with Crippen molar-refractivity contribution >= 4 is 39.2 Å². The van der Waals surface area contributed by atoms with E-state index in [-0.39, 0.29) is 23.3 Å². The van der Waals surface area contributed by atoms with Crippen molar-refractivity contribution in [3.8, 4) is 0 Å². The first-order valence-electron chi connectivity index (χ1n) is 10.2. The summed E-state index contributed by atoms with van der Waals surface area (Å²) in [6, 6.07) is 21.6. The minimum atomic E-state index is -0.200. The number of rotatable bonds is 8. The van der Waals surface area contributed by atoms with E-state index in [1.54, 1.807) is 21.6 Å². The Morgan fingerprint density at radius 2 is 1.75 bits per heavy atom. The van der Waals surface area contributed by atoms with Crippen molar-refractivity contribution in [2.45, 2.75) is 17.7 Å². The second-order valence-electron chi connectivity index (χ2n) is 7.26. The van der Waals surface area contributed by atoms with Crippen molar-refractivity contribution in [2.24, 2.45) is 0 Å². The number of aromatic nitrogens is 2. The summed E-state index contributed by atoms with van der Waals surface area (Å²) in [6.07, 6.45) is 1.67. The third kappa shape index (κ3) is 4.54. The lowest BCUT2D eigenvalue weighted by Crippen LogP contribution is -2.33. The highest BCUT2D eigenvalue weighted by Crippen LogP contribution is 2.29. The highest BCUT2D eigenvalue weighted by atomic mass is 32.2. The molecule has 0 aliphatic rings. The smallest absolute Gasteiger partial charge is 0.263 e. The van der Waals surface area contributed by atoms with Gasteiger partial charge in [-0.05, 0) is 22.6 Å². The van der Waals surface area contributed by atoms with E-state index in [1.807, 2.05) is 73.1 Å². The van der Waals surface area contributed by atoms with E-state index in [1.165, 1.54) is 23.1 Å². The predicted octanol–water partition coefficient (Wildman–Crippen LogP) is 4.98. The topological polar surface area (TPSA) is 55.2 Å². The Balaban J connectivity index is 1.60. The van der Waals surface area contributed by atoms with Crippen LogP contribution >= 0.6 is 23.1 Å². The SMILES string of the molecule is C=CCn1c(SCC(=O)N(C)C(c2ccccc2)c2ccccc2)nc2sccc2c1=O. The molecule has 2 aromatic heterocycles. The Labute approximate surface area is 195 Å². The number of allylic oxidation sites excluding steroid dienone is 1. The van der Waals surface area contributed by atoms with E-state index in [2.05, 4.69) is 11.6 Å². The third-order valence-electron chi connectivity index (χ3n) is 5.20. The predicted molar refractivity (Wildman–Crippen MR) is 132 cm³/mol. The quantitative estimate of drug-likeness (QED) is 0.211. The molecule has 0 radical (unpaired) electrons. The van der Waals surface area contributed by atoms with Gasteiger partial charge in [0.2, 0.25) is 5.91 Å². The molecule has 0 unspecified atom stereocenters. The van der Waals surface area contributed by atoms with Crippen LogP contribution in [0.4, 0.5) is 0 Å². The molecule has 4 rings (SSSR count). The summed E-state index contributed by atoms with van der Waals surface area (Å²) in [7, 11) is 1.82. The molecule has 0 saturated heterocycles. The van der Waals surface area contributed by atoms with Crippen molar-refractivity contribution in [2.75, 3.05) is 12.8 Å². The molecular weight excluding hydrogens is 438 g/mol. The number of fused-ring (bicyclic) bond motifs is 1. The van der Waals surface area contributed by atoms with Gasteiger partial charge in [-0.3, -0.25) is 14.2 Å². The molecule has 2 aromatic carbocycles. The average Bonchev–Trinajstić information content (AvgIpc) is 3.30. The molecule has 0 spiro atoms. The largest absolute Gasteiger partial charge is 0.334 e. The molecule has 0 aliphatic heterocycles. The zero-order chi connectivity index (χ0) is 22.5. The van der Waals surface area contributed by atoms with Gasteiger partial charge in [0.05, 0.1) is 17.2 Å². The van der Waals surface area contributed by atoms with Gasteiger partial charge in [-0.15, -0.1) is 17.9 Å². The Hall–Kier alpha value is -3.16. The number of carbonyl (C=O) groups is 1. The number of carbonyl (C=O) groups excluding carboxylic acids is 1. The van der Waals surface area contributed by atoms with Gasteiger partial charge in [0, 0.05) is 13.6 Å². The minimum absolute atomic E-state index is 0.0432. The van der Waals surface area contributed by atoms with Crippen LogP contribution in [0, 0.1) is 0 Å². The Morgan fingerprint density at radius 3 is 2.34 bits per heavy atom. The van der Waals surface area contributed by atoms with E-state index in [9.17, 15) is 9.59 Å². The zero-order valence-electron chi connectivity index (χ0n) is 17.7. The van der Waals surface area contributed by atoms with Crippen LogP contribution in [0.15, 0.2) is 94.7 Å². The molecule has 5 nitrogen and oxygen atoms in total. The minimum Gasteiger partial charge on any atom is -0.334 e. The van der Waals surface area contributed by atoms with Gasteiger partial charge in [-0.1, -0.05) is 78.5 Å². The lowest BCUT2D eigenvalue weighted by atomic mass is 9.97. The van der Waals surface area contributed by atoms with Gasteiger partial charge < -0.3 is 4.90 Å². The van der Waals surface area contributed by atoms with Crippen molar-refractivity contribution < 1.29 is 4.79 Å². The van der Waals surface area contributed by atoms with E-state index in [0.29, 0.717) is 21.9 Å². The molecule has 0 N–H and O–H groups in total. The standard InChI is InChI=1S/C25H23N3O2S2/c1-3-15-28-24(30)20-14-16-31-23(20)26-25(28)32-17-21(29)27(2)22(18-10-6-4-7-11-18)19-12-8-5-9-13-19/h3-14,16,22H,1,15,17H2,2H3. The summed E-state index contributed by atoms with van der Waals surface area (Å²) in [5, 5.41) is 2.98. The van der Waals surface area contributed by atoms with Crippen molar-refractivity contribution in [1.29, 1.82) is 0 Å². The number of hydrogen-bond donors (Lipinski definition) is 0. The normalized spacial score (nSPS) is 11.1. The average molecular weight is 462 g/mol. The van der Waals surface area contributed by atoms with E-state index in [4.69, 9.17) is 0 Å². The van der Waals surface area contributed by atoms with Crippen LogP contribution in [0.1, 0.15) is 17.2 Å². The molecule has 0 saturated carbocycles. The fourth-order valence-electron chi connectivity index (χ4n) is 3.61. The van der Waals surface area contributed by atoms with Gasteiger partial charge in [0.1, 0.15) is 4.83 Å². The maximum absolute atomic E-state index is 13.2. The molecule has 2 heterocycles. The van der Waals surface area contributed by atoms with Gasteiger partial charge in [-0.25, -0.2) is 4.98 Å². The molecule has 162 valence electrons. The first-order valence-corrected chi connectivity index (χ1v) is 12.0. The Bertz CT molecular complexity index is 1240. The zero-order valence-corrected chi connectivity index (χ0v) is 19.3. The molecule has 32 heavy (non-hydrogen) atoms. The van der Waals surface area contributed by atoms with Gasteiger partial charge >= 0.3 is 0 Å². The van der Waals surface area contributed by atoms with Crippen molar-refractivity contribution in [1.82, 2.24) is 14.5 Å². The molecule has 0 aliphatic carbocycles. The molecule has 4 aromatic rings. The molecule has 0 atom stereocenters. The van der Waals surface area contributed by atoms with Crippen LogP contribution in [0.3, 0.4) is 0 Å². The monoisotopic (exact) mass is 461 g/mol. The summed E-state index contributed by atoms with van der Waals surface area (Å²) < 4.78 is 1.58. The van der Waals surface area contributed by atoms with Gasteiger partial charge in [-0.2, -0.15) is 0 Å². The first-order chi connectivity index (χ1) is 15.6. The Kier molecular flexibility index (Phi) is 6.87. The fraction of sp³-hybridized carbons (Fsp3) is 0.160. The summed E-state index contributed by atoms with van der Waals surface area (Å²) in [5.74, 6) is 0.131. The van der Waals surface area contributed by atoms with Crippen LogP contribution in [0.25, 0.3) is 10.2 Å². The lowest BCUT2D eigenvalue weighted by Gasteiger charge is -2.29. The van der Waals surface area contributed by atoms with E-state index < -0.39 is 0 Å². The van der Waals surface area contributed by atoms with Gasteiger partial charge in [0.25, 0.3) is 5.56 Å². The third-order valence-corrected chi connectivity index (χ3v) is 6.96. The molecule has 1 amide bonds. The molecule has 0 bridgehead atoms. The van der Waals surface area contributed by atoms with E-state index >= 15 is 0 Å². The Morgan fingerprint density at radius 1 is 1.12 bits per heavy atom. The summed E-state index contributed by atoms with van der Waals surface area (Å²) in [6.45, 7) is 4.10. The molecular formula is C25H23N3O2S2. The van der Waals surface area contributed by atoms with Crippen LogP contribution in [-0.4, -0.2) is 33.2 Å². The highest BCUT2D eigenvalue weighted by molar-refractivity contribution is 7.99. The number of benzene rings is 2. The number of nitrogens with zero attached hydrogens (tertiary/aromatic N) is 3. The number of thiophene rings is 1. The van der Waals surface area contributed by atoms with Crippen molar-refractivity contribution in [3.05, 3.63) is 106 Å². The second-order valence-corrected chi connectivity index (χ2v) is 9.09. The van der Waals surface area contributed by atoms with Crippen LogP contribution in [-0.2, 0) is 11.3 Å². The number of thioether (sulfide) groups is 1. The van der Waals surface area contributed by atoms with Gasteiger partial charge in [0.15, 0.2) is 5.16 Å². The second kappa shape index (κ2) is 9.97. The van der Waals surface area contributed by atoms with Crippen molar-refractivity contribution in [3.63, 3.8) is 0 Å². The summed E-state index contributed by atoms with van der Waals surface area (Å²) >= 11 is 2.71. The molecule has 0 fully saturated rings.